The summed E-state index contributed by atoms with van der Waals surface area (Å²) in [5.74, 6) is -2.85. The van der Waals surface area contributed by atoms with E-state index in [1.807, 2.05) is 19.1 Å². The Labute approximate surface area is 258 Å². The molecule has 2 aromatic carbocycles. The van der Waals surface area contributed by atoms with E-state index in [2.05, 4.69) is 10.6 Å². The molecule has 5 N–H and O–H groups in total. The highest BCUT2D eigenvalue weighted by molar-refractivity contribution is 8.01. The highest BCUT2D eigenvalue weighted by atomic mass is 35.5. The third-order valence-corrected chi connectivity index (χ3v) is 8.14. The van der Waals surface area contributed by atoms with Gasteiger partial charge in [0.25, 0.3) is 5.91 Å². The monoisotopic (exact) mass is 638 g/mol. The van der Waals surface area contributed by atoms with Gasteiger partial charge in [-0.3, -0.25) is 14.4 Å². The molecule has 6 atom stereocenters. The molecular formula is C29H35ClN2O10S. The number of hydrogen-bond acceptors (Lipinski definition) is 11. The molecule has 0 aliphatic carbocycles. The van der Waals surface area contributed by atoms with Crippen LogP contribution in [0.5, 0.6) is 0 Å². The third-order valence-electron chi connectivity index (χ3n) is 6.62. The number of nitrogens with one attached hydrogen (secondary N) is 2. The van der Waals surface area contributed by atoms with Crippen LogP contribution in [0, 0.1) is 6.92 Å². The van der Waals surface area contributed by atoms with Crippen molar-refractivity contribution in [3.05, 3.63) is 64.7 Å². The van der Waals surface area contributed by atoms with Gasteiger partial charge in [0, 0.05) is 29.8 Å². The molecule has 2 aromatic rings. The van der Waals surface area contributed by atoms with E-state index in [-0.39, 0.29) is 12.8 Å². The molecule has 1 aliphatic heterocycles. The van der Waals surface area contributed by atoms with Gasteiger partial charge in [-0.15, -0.1) is 0 Å². The van der Waals surface area contributed by atoms with Gasteiger partial charge in [0.05, 0.1) is 31.8 Å². The molecule has 0 saturated carbocycles. The average Bonchev–Trinajstić information content (AvgIpc) is 2.97. The molecule has 14 heteroatoms. The number of methoxy groups -OCH3 is 1. The molecule has 43 heavy (non-hydrogen) atoms. The van der Waals surface area contributed by atoms with Gasteiger partial charge >= 0.3 is 11.9 Å². The number of aliphatic hydroxyl groups excluding tert-OH is 3. The minimum absolute atomic E-state index is 0.0217. The van der Waals surface area contributed by atoms with Crippen molar-refractivity contribution in [1.82, 2.24) is 10.6 Å². The van der Waals surface area contributed by atoms with Crippen LogP contribution in [0.4, 0.5) is 0 Å². The molecule has 1 aliphatic rings. The second-order valence-corrected chi connectivity index (χ2v) is 11.8. The first-order chi connectivity index (χ1) is 20.3. The summed E-state index contributed by atoms with van der Waals surface area (Å²) in [6.45, 7) is 1.90. The minimum atomic E-state index is -1.89. The van der Waals surface area contributed by atoms with Crippen molar-refractivity contribution in [2.24, 2.45) is 0 Å². The molecule has 0 bridgehead atoms. The zero-order valence-corrected chi connectivity index (χ0v) is 25.4. The van der Waals surface area contributed by atoms with Crippen LogP contribution in [0.1, 0.15) is 24.5 Å². The highest BCUT2D eigenvalue weighted by Crippen LogP contribution is 2.44. The zero-order chi connectivity index (χ0) is 31.7. The molecule has 0 spiro atoms. The van der Waals surface area contributed by atoms with E-state index >= 15 is 0 Å². The van der Waals surface area contributed by atoms with Crippen molar-refractivity contribution in [3.8, 4) is 0 Å². The second-order valence-electron chi connectivity index (χ2n) is 10.1. The molecule has 12 nitrogen and oxygen atoms in total. The molecule has 1 heterocycles. The zero-order valence-electron chi connectivity index (χ0n) is 23.8. The Kier molecular flexibility index (Phi) is 12.4. The van der Waals surface area contributed by atoms with Gasteiger partial charge in [-0.1, -0.05) is 53.2 Å². The van der Waals surface area contributed by atoms with Crippen molar-refractivity contribution < 1.29 is 48.7 Å². The van der Waals surface area contributed by atoms with Crippen molar-refractivity contribution in [3.63, 3.8) is 0 Å². The van der Waals surface area contributed by atoms with E-state index in [0.29, 0.717) is 15.5 Å². The molecule has 0 aromatic heterocycles. The summed E-state index contributed by atoms with van der Waals surface area (Å²) in [5, 5.41) is 38.8. The van der Waals surface area contributed by atoms with E-state index in [4.69, 9.17) is 25.8 Å². The van der Waals surface area contributed by atoms with Gasteiger partial charge in [0.2, 0.25) is 10.8 Å². The Hall–Kier alpha value is -3.20. The number of esters is 2. The summed E-state index contributed by atoms with van der Waals surface area (Å²) in [5.41, 5.74) is 1.63. The van der Waals surface area contributed by atoms with Crippen molar-refractivity contribution >= 4 is 47.1 Å². The summed E-state index contributed by atoms with van der Waals surface area (Å²) in [4.78, 5) is 48.0. The lowest BCUT2D eigenvalue weighted by atomic mass is 9.89. The number of benzene rings is 2. The standard InChI is InChI=1S/C29H35ClN2O10S/c1-16-4-10-20(11-5-16)43-29(28(39)40-3)13-21(34)25(32-24(37)15-41-17(2)33)27(42-29)26(38)22(35)14-31-23(36)12-18-6-8-19(30)9-7-18/h4-11,21-22,25-27,34-35,38H,12-15H2,1-3H3,(H,31,36)(H,32,37)/t21-,22+,25+,26+,27+,29+/m0/s1. The van der Waals surface area contributed by atoms with Gasteiger partial charge < -0.3 is 40.2 Å². The van der Waals surface area contributed by atoms with Crippen LogP contribution in [0.2, 0.25) is 5.02 Å². The number of aliphatic hydroxyl groups is 3. The van der Waals surface area contributed by atoms with Crippen molar-refractivity contribution in [1.29, 1.82) is 0 Å². The van der Waals surface area contributed by atoms with E-state index < -0.39 is 72.3 Å². The van der Waals surface area contributed by atoms with Gasteiger partial charge in [0.15, 0.2) is 6.61 Å². The predicted octanol–water partition coefficient (Wildman–Crippen LogP) is 0.888. The third kappa shape index (κ3) is 9.65. The SMILES string of the molecule is COC(=O)[C@]1(Sc2ccc(C)cc2)C[C@H](O)[C@@H](NC(=O)COC(C)=O)[C@H]([C@H](O)[C@H](O)CNC(=O)Cc2ccc(Cl)cc2)O1. The Morgan fingerprint density at radius 1 is 1.09 bits per heavy atom. The van der Waals surface area contributed by atoms with Gasteiger partial charge in [-0.2, -0.15) is 0 Å². The van der Waals surface area contributed by atoms with E-state index in [1.165, 1.54) is 0 Å². The normalized spacial score (nSPS) is 23.0. The number of amides is 2. The Bertz CT molecular complexity index is 1280. The maximum Gasteiger partial charge on any atom is 0.349 e. The molecule has 1 saturated heterocycles. The fourth-order valence-corrected chi connectivity index (χ4v) is 5.78. The topological polar surface area (TPSA) is 181 Å². The quantitative estimate of drug-likeness (QED) is 0.208. The summed E-state index contributed by atoms with van der Waals surface area (Å²) >= 11 is 6.81. The fourth-order valence-electron chi connectivity index (χ4n) is 4.42. The maximum atomic E-state index is 13.1. The molecule has 1 fully saturated rings. The number of ether oxygens (including phenoxy) is 3. The Balaban J connectivity index is 1.83. The van der Waals surface area contributed by atoms with Crippen LogP contribution in [0.25, 0.3) is 0 Å². The van der Waals surface area contributed by atoms with Crippen molar-refractivity contribution in [2.45, 2.75) is 67.0 Å². The number of aryl methyl sites for hydroxylation is 1. The van der Waals surface area contributed by atoms with Gasteiger partial charge in [-0.25, -0.2) is 4.79 Å². The molecule has 3 rings (SSSR count). The summed E-state index contributed by atoms with van der Waals surface area (Å²) in [6, 6.07) is 12.4. The second kappa shape index (κ2) is 15.5. The minimum Gasteiger partial charge on any atom is -0.466 e. The molecular weight excluding hydrogens is 604 g/mol. The number of rotatable bonds is 12. The molecule has 2 amide bonds. The number of hydrogen-bond donors (Lipinski definition) is 5. The number of carbonyl (C=O) groups is 4. The summed E-state index contributed by atoms with van der Waals surface area (Å²) in [6.07, 6.45) is -6.94. The van der Waals surface area contributed by atoms with Gasteiger partial charge in [0.1, 0.15) is 12.2 Å². The first kappa shape index (κ1) is 34.3. The first-order valence-corrected chi connectivity index (χ1v) is 14.5. The summed E-state index contributed by atoms with van der Waals surface area (Å²) < 4.78 is 15.8. The summed E-state index contributed by atoms with van der Waals surface area (Å²) in [7, 11) is 1.14. The van der Waals surface area contributed by atoms with E-state index in [9.17, 15) is 34.5 Å². The van der Waals surface area contributed by atoms with Crippen LogP contribution in [0.3, 0.4) is 0 Å². The number of carbonyl (C=O) groups excluding carboxylic acids is 4. The maximum absolute atomic E-state index is 13.1. The Morgan fingerprint density at radius 2 is 1.74 bits per heavy atom. The average molecular weight is 639 g/mol. The predicted molar refractivity (Wildman–Crippen MR) is 156 cm³/mol. The van der Waals surface area contributed by atoms with Gasteiger partial charge in [-0.05, 0) is 36.8 Å². The number of halogens is 1. The van der Waals surface area contributed by atoms with Crippen LogP contribution in [-0.4, -0.2) is 94.7 Å². The van der Waals surface area contributed by atoms with E-state index in [0.717, 1.165) is 31.4 Å². The van der Waals surface area contributed by atoms with E-state index in [1.54, 1.807) is 36.4 Å². The fraction of sp³-hybridized carbons (Fsp3) is 0.448. The first-order valence-electron chi connectivity index (χ1n) is 13.3. The largest absolute Gasteiger partial charge is 0.466 e. The highest BCUT2D eigenvalue weighted by Gasteiger charge is 2.56. The Morgan fingerprint density at radius 3 is 2.35 bits per heavy atom. The lowest BCUT2D eigenvalue weighted by molar-refractivity contribution is -0.205. The smallest absolute Gasteiger partial charge is 0.349 e. The molecule has 0 radical (unpaired) electrons. The van der Waals surface area contributed by atoms with Crippen molar-refractivity contribution in [2.75, 3.05) is 20.3 Å². The molecule has 234 valence electrons. The lowest BCUT2D eigenvalue weighted by Crippen LogP contribution is -2.67. The van der Waals surface area contributed by atoms with Crippen LogP contribution in [-0.2, 0) is 39.8 Å². The number of thioether (sulfide) groups is 1. The van der Waals surface area contributed by atoms with Crippen LogP contribution in [0.15, 0.2) is 53.4 Å². The van der Waals surface area contributed by atoms with Crippen LogP contribution < -0.4 is 10.6 Å². The molecule has 0 unspecified atom stereocenters. The van der Waals surface area contributed by atoms with Crippen LogP contribution >= 0.6 is 23.4 Å². The lowest BCUT2D eigenvalue weighted by Gasteiger charge is -2.47.